The van der Waals surface area contributed by atoms with Gasteiger partial charge in [-0.15, -0.1) is 0 Å². The van der Waals surface area contributed by atoms with Crippen LogP contribution in [0.5, 0.6) is 0 Å². The number of aliphatic carboxylic acids is 1. The standard InChI is InChI=1S/C11H18N2O3S/c1-5-8-6-9(13(4)12-8)7-17(16)11(2,3)10(14)15/h6H,5,7H2,1-4H3,(H,14,15). The van der Waals surface area contributed by atoms with Crippen molar-refractivity contribution in [1.82, 2.24) is 9.78 Å². The molecule has 1 heterocycles. The predicted molar refractivity (Wildman–Crippen MR) is 66.1 cm³/mol. The van der Waals surface area contributed by atoms with Crippen molar-refractivity contribution in [3.8, 4) is 0 Å². The number of carboxylic acid groups (broad SMARTS) is 1. The molecule has 0 amide bonds. The van der Waals surface area contributed by atoms with Gasteiger partial charge in [0.15, 0.2) is 0 Å². The highest BCUT2D eigenvalue weighted by molar-refractivity contribution is 7.86. The first-order valence-corrected chi connectivity index (χ1v) is 6.74. The van der Waals surface area contributed by atoms with E-state index in [1.807, 2.05) is 13.0 Å². The zero-order valence-corrected chi connectivity index (χ0v) is 11.4. The summed E-state index contributed by atoms with van der Waals surface area (Å²) in [6.45, 7) is 4.94. The van der Waals surface area contributed by atoms with Crippen LogP contribution in [0, 0.1) is 0 Å². The van der Waals surface area contributed by atoms with Gasteiger partial charge >= 0.3 is 5.97 Å². The summed E-state index contributed by atoms with van der Waals surface area (Å²) >= 11 is 0. The largest absolute Gasteiger partial charge is 0.480 e. The zero-order valence-electron chi connectivity index (χ0n) is 10.6. The molecule has 1 N–H and O–H groups in total. The molecule has 6 heteroatoms. The van der Waals surface area contributed by atoms with E-state index in [-0.39, 0.29) is 5.75 Å². The Labute approximate surface area is 103 Å². The highest BCUT2D eigenvalue weighted by Crippen LogP contribution is 2.18. The molecule has 0 aliphatic heterocycles. The molecule has 0 radical (unpaired) electrons. The number of aryl methyl sites for hydroxylation is 2. The third kappa shape index (κ3) is 2.94. The SMILES string of the molecule is CCc1cc(CS(=O)C(C)(C)C(=O)O)n(C)n1. The smallest absolute Gasteiger partial charge is 0.321 e. The normalized spacial score (nSPS) is 13.6. The Balaban J connectivity index is 2.88. The van der Waals surface area contributed by atoms with Crippen LogP contribution in [0.15, 0.2) is 6.07 Å². The Hall–Kier alpha value is -1.17. The van der Waals surface area contributed by atoms with Gasteiger partial charge in [-0.05, 0) is 26.3 Å². The number of hydrogen-bond acceptors (Lipinski definition) is 3. The number of nitrogens with zero attached hydrogens (tertiary/aromatic N) is 2. The second-order valence-electron chi connectivity index (χ2n) is 4.41. The summed E-state index contributed by atoms with van der Waals surface area (Å²) in [6.07, 6.45) is 0.808. The summed E-state index contributed by atoms with van der Waals surface area (Å²) in [5, 5.41) is 13.2. The van der Waals surface area contributed by atoms with Crippen LogP contribution in [0.1, 0.15) is 32.2 Å². The molecule has 1 aromatic heterocycles. The summed E-state index contributed by atoms with van der Waals surface area (Å²) < 4.78 is 12.4. The average molecular weight is 258 g/mol. The maximum Gasteiger partial charge on any atom is 0.321 e. The van der Waals surface area contributed by atoms with Crippen molar-refractivity contribution < 1.29 is 14.1 Å². The molecule has 1 aromatic rings. The average Bonchev–Trinajstić information content (AvgIpc) is 2.59. The van der Waals surface area contributed by atoms with Gasteiger partial charge in [-0.2, -0.15) is 5.10 Å². The Morgan fingerprint density at radius 1 is 1.59 bits per heavy atom. The molecule has 0 fully saturated rings. The summed E-state index contributed by atoms with van der Waals surface area (Å²) in [4.78, 5) is 11.0. The van der Waals surface area contributed by atoms with Crippen LogP contribution >= 0.6 is 0 Å². The van der Waals surface area contributed by atoms with Crippen molar-refractivity contribution in [2.45, 2.75) is 37.7 Å². The lowest BCUT2D eigenvalue weighted by molar-refractivity contribution is -0.139. The Morgan fingerprint density at radius 3 is 2.59 bits per heavy atom. The minimum atomic E-state index is -1.47. The third-order valence-electron chi connectivity index (χ3n) is 2.75. The molecule has 0 bridgehead atoms. The number of rotatable bonds is 5. The van der Waals surface area contributed by atoms with Crippen LogP contribution in [0.2, 0.25) is 0 Å². The molecule has 96 valence electrons. The second-order valence-corrected chi connectivity index (χ2v) is 6.41. The lowest BCUT2D eigenvalue weighted by Crippen LogP contribution is -2.37. The number of carbonyl (C=O) groups is 1. The van der Waals surface area contributed by atoms with Crippen molar-refractivity contribution in [3.05, 3.63) is 17.5 Å². The van der Waals surface area contributed by atoms with E-state index in [1.165, 1.54) is 13.8 Å². The van der Waals surface area contributed by atoms with E-state index in [0.29, 0.717) is 0 Å². The van der Waals surface area contributed by atoms with E-state index < -0.39 is 21.5 Å². The molecule has 1 atom stereocenters. The fraction of sp³-hybridized carbons (Fsp3) is 0.636. The molecule has 0 spiro atoms. The lowest BCUT2D eigenvalue weighted by atomic mass is 10.2. The predicted octanol–water partition coefficient (Wildman–Crippen LogP) is 1.09. The third-order valence-corrected chi connectivity index (χ3v) is 4.62. The number of carboxylic acids is 1. The molecular formula is C11H18N2O3S. The van der Waals surface area contributed by atoms with Crippen molar-refractivity contribution in [2.75, 3.05) is 0 Å². The minimum absolute atomic E-state index is 0.211. The van der Waals surface area contributed by atoms with Crippen LogP contribution in [0.4, 0.5) is 0 Å². The van der Waals surface area contributed by atoms with Gasteiger partial charge in [-0.25, -0.2) is 0 Å². The first kappa shape index (κ1) is 13.9. The van der Waals surface area contributed by atoms with Gasteiger partial charge in [0.1, 0.15) is 4.75 Å². The number of hydrogen-bond donors (Lipinski definition) is 1. The lowest BCUT2D eigenvalue weighted by Gasteiger charge is -2.18. The van der Waals surface area contributed by atoms with E-state index in [2.05, 4.69) is 5.10 Å². The second kappa shape index (κ2) is 5.00. The fourth-order valence-electron chi connectivity index (χ4n) is 1.29. The van der Waals surface area contributed by atoms with E-state index in [4.69, 9.17) is 5.11 Å². The summed E-state index contributed by atoms with van der Waals surface area (Å²) in [7, 11) is 0.306. The van der Waals surface area contributed by atoms with Crippen LogP contribution < -0.4 is 0 Å². The van der Waals surface area contributed by atoms with Crippen LogP contribution in [-0.4, -0.2) is 29.8 Å². The fourth-order valence-corrected chi connectivity index (χ4v) is 2.39. The highest BCUT2D eigenvalue weighted by Gasteiger charge is 2.34. The maximum absolute atomic E-state index is 12.0. The molecular weight excluding hydrogens is 240 g/mol. The van der Waals surface area contributed by atoms with Crippen molar-refractivity contribution in [1.29, 1.82) is 0 Å². The van der Waals surface area contributed by atoms with Gasteiger partial charge in [0, 0.05) is 17.8 Å². The van der Waals surface area contributed by atoms with Crippen LogP contribution in [0.3, 0.4) is 0 Å². The maximum atomic E-state index is 12.0. The summed E-state index contributed by atoms with van der Waals surface area (Å²) in [6, 6.07) is 1.87. The van der Waals surface area contributed by atoms with Gasteiger partial charge in [0.25, 0.3) is 0 Å². The van der Waals surface area contributed by atoms with Gasteiger partial charge < -0.3 is 5.11 Å². The summed E-state index contributed by atoms with van der Waals surface area (Å²) in [5.41, 5.74) is 1.72. The summed E-state index contributed by atoms with van der Waals surface area (Å²) in [5.74, 6) is -0.836. The minimum Gasteiger partial charge on any atom is -0.480 e. The molecule has 0 aromatic carbocycles. The zero-order chi connectivity index (χ0) is 13.2. The Kier molecular flexibility index (Phi) is 4.08. The molecule has 0 aliphatic rings. The molecule has 1 rings (SSSR count). The molecule has 1 unspecified atom stereocenters. The van der Waals surface area contributed by atoms with E-state index in [9.17, 15) is 9.00 Å². The Morgan fingerprint density at radius 2 is 2.18 bits per heavy atom. The van der Waals surface area contributed by atoms with Crippen LogP contribution in [0.25, 0.3) is 0 Å². The quantitative estimate of drug-likeness (QED) is 0.858. The Bertz CT molecular complexity index is 452. The van der Waals surface area contributed by atoms with Crippen LogP contribution in [-0.2, 0) is 34.8 Å². The molecule has 0 saturated carbocycles. The van der Waals surface area contributed by atoms with Crippen molar-refractivity contribution >= 4 is 16.8 Å². The van der Waals surface area contributed by atoms with Gasteiger partial charge in [-0.3, -0.25) is 13.7 Å². The highest BCUT2D eigenvalue weighted by atomic mass is 32.2. The first-order valence-electron chi connectivity index (χ1n) is 5.42. The van der Waals surface area contributed by atoms with Crippen molar-refractivity contribution in [3.63, 3.8) is 0 Å². The molecule has 0 saturated heterocycles. The van der Waals surface area contributed by atoms with Gasteiger partial charge in [0.2, 0.25) is 0 Å². The van der Waals surface area contributed by atoms with E-state index in [1.54, 1.807) is 11.7 Å². The number of aromatic nitrogens is 2. The van der Waals surface area contributed by atoms with E-state index >= 15 is 0 Å². The monoisotopic (exact) mass is 258 g/mol. The molecule has 5 nitrogen and oxygen atoms in total. The molecule has 0 aliphatic carbocycles. The van der Waals surface area contributed by atoms with Gasteiger partial charge in [0.05, 0.1) is 17.1 Å². The topological polar surface area (TPSA) is 72.2 Å². The van der Waals surface area contributed by atoms with Gasteiger partial charge in [-0.1, -0.05) is 6.92 Å². The van der Waals surface area contributed by atoms with E-state index in [0.717, 1.165) is 17.8 Å². The molecule has 17 heavy (non-hydrogen) atoms. The van der Waals surface area contributed by atoms with Crippen molar-refractivity contribution in [2.24, 2.45) is 7.05 Å². The first-order chi connectivity index (χ1) is 7.78.